The second-order valence-electron chi connectivity index (χ2n) is 21.0. The summed E-state index contributed by atoms with van der Waals surface area (Å²) in [6, 6.07) is -0.550. The van der Waals surface area contributed by atoms with Gasteiger partial charge in [0, 0.05) is 12.8 Å². The van der Waals surface area contributed by atoms with E-state index >= 15 is 0 Å². The van der Waals surface area contributed by atoms with Crippen molar-refractivity contribution in [2.45, 2.75) is 353 Å². The molecule has 0 aromatic heterocycles. The lowest BCUT2D eigenvalue weighted by molar-refractivity contribution is -0.143. The minimum Gasteiger partial charge on any atom is -0.466 e. The molecule has 0 aliphatic heterocycles. The largest absolute Gasteiger partial charge is 0.466 e. The molecule has 0 bridgehead atoms. The molecule has 6 heteroatoms. The summed E-state index contributed by atoms with van der Waals surface area (Å²) in [6.07, 6.45) is 67.8. The molecule has 0 aromatic rings. The Labute approximate surface area is 419 Å². The van der Waals surface area contributed by atoms with Crippen molar-refractivity contribution in [3.8, 4) is 0 Å². The minimum atomic E-state index is -0.672. The normalized spacial score (nSPS) is 12.6. The van der Waals surface area contributed by atoms with E-state index < -0.39 is 12.1 Å². The first-order chi connectivity index (χ1) is 33.0. The van der Waals surface area contributed by atoms with Crippen LogP contribution < -0.4 is 5.32 Å². The lowest BCUT2D eigenvalue weighted by atomic mass is 10.0. The van der Waals surface area contributed by atoms with E-state index in [0.29, 0.717) is 25.9 Å². The van der Waals surface area contributed by atoms with Gasteiger partial charge in [-0.15, -0.1) is 0 Å². The van der Waals surface area contributed by atoms with Gasteiger partial charge in [-0.2, -0.15) is 0 Å². The molecule has 2 unspecified atom stereocenters. The van der Waals surface area contributed by atoms with Crippen LogP contribution in [0.2, 0.25) is 0 Å². The number of rotatable bonds is 57. The van der Waals surface area contributed by atoms with E-state index in [4.69, 9.17) is 4.74 Å². The first kappa shape index (κ1) is 65.6. The molecule has 0 radical (unpaired) electrons. The van der Waals surface area contributed by atoms with E-state index in [1.54, 1.807) is 0 Å². The summed E-state index contributed by atoms with van der Waals surface area (Å²) in [5.74, 6) is -0.0394. The standard InChI is InChI=1S/C61H119NO5/c1-3-5-7-9-11-13-15-17-19-20-24-27-31-35-39-43-47-51-55-61(66)67-56-52-48-44-40-36-32-28-25-22-21-23-26-30-34-38-42-46-50-54-60(65)62-58(57-63)59(64)53-49-45-41-37-33-29-18-16-14-12-10-8-6-4-2/h23,26,58-59,63-64H,3-22,24-25,27-57H2,1-2H3,(H,62,65)/b26-23-. The molecule has 6 nitrogen and oxygen atoms in total. The number of allylic oxidation sites excluding steroid dienone is 2. The highest BCUT2D eigenvalue weighted by atomic mass is 16.5. The fourth-order valence-corrected chi connectivity index (χ4v) is 9.64. The number of aliphatic hydroxyl groups excluding tert-OH is 2. The fraction of sp³-hybridized carbons (Fsp3) is 0.934. The number of unbranched alkanes of at least 4 members (excludes halogenated alkanes) is 44. The Morgan fingerprint density at radius 1 is 0.403 bits per heavy atom. The third kappa shape index (κ3) is 53.8. The number of hydrogen-bond acceptors (Lipinski definition) is 5. The zero-order valence-electron chi connectivity index (χ0n) is 45.4. The first-order valence-corrected chi connectivity index (χ1v) is 30.4. The average Bonchev–Trinajstić information content (AvgIpc) is 3.33. The van der Waals surface area contributed by atoms with Gasteiger partial charge >= 0.3 is 5.97 Å². The molecule has 0 aromatic carbocycles. The van der Waals surface area contributed by atoms with Crippen LogP contribution in [0.1, 0.15) is 341 Å². The van der Waals surface area contributed by atoms with Gasteiger partial charge in [0.05, 0.1) is 25.4 Å². The number of carbonyl (C=O) groups excluding carboxylic acids is 2. The van der Waals surface area contributed by atoms with Gasteiger partial charge in [-0.3, -0.25) is 9.59 Å². The summed E-state index contributed by atoms with van der Waals surface area (Å²) in [4.78, 5) is 24.6. The molecule has 0 spiro atoms. The second kappa shape index (κ2) is 57.2. The van der Waals surface area contributed by atoms with Crippen molar-refractivity contribution in [2.24, 2.45) is 0 Å². The summed E-state index contributed by atoms with van der Waals surface area (Å²) in [6.45, 7) is 4.96. The van der Waals surface area contributed by atoms with Gasteiger partial charge in [0.25, 0.3) is 0 Å². The molecule has 0 aliphatic carbocycles. The summed E-state index contributed by atoms with van der Waals surface area (Å²) in [7, 11) is 0. The Morgan fingerprint density at radius 2 is 0.701 bits per heavy atom. The summed E-state index contributed by atoms with van der Waals surface area (Å²) in [5, 5.41) is 23.2. The molecule has 67 heavy (non-hydrogen) atoms. The molecule has 2 atom stereocenters. The topological polar surface area (TPSA) is 95.9 Å². The lowest BCUT2D eigenvalue weighted by Gasteiger charge is -2.22. The van der Waals surface area contributed by atoms with Gasteiger partial charge < -0.3 is 20.3 Å². The number of nitrogens with one attached hydrogen (secondary N) is 1. The third-order valence-electron chi connectivity index (χ3n) is 14.3. The Balaban J connectivity index is 3.41. The SMILES string of the molecule is CCCCCCCCCCCCCCCCCCCCC(=O)OCCCCCCCCCCC/C=C\CCCCCCCC(=O)NC(CO)C(O)CCCCCCCCCCCCCCCC. The van der Waals surface area contributed by atoms with E-state index in [2.05, 4.69) is 31.3 Å². The van der Waals surface area contributed by atoms with Crippen molar-refractivity contribution in [1.82, 2.24) is 5.32 Å². The second-order valence-corrected chi connectivity index (χ2v) is 21.0. The predicted molar refractivity (Wildman–Crippen MR) is 292 cm³/mol. The molecule has 0 saturated heterocycles. The van der Waals surface area contributed by atoms with Crippen LogP contribution in [0.25, 0.3) is 0 Å². The van der Waals surface area contributed by atoms with Crippen molar-refractivity contribution < 1.29 is 24.5 Å². The van der Waals surface area contributed by atoms with E-state index in [-0.39, 0.29) is 18.5 Å². The highest BCUT2D eigenvalue weighted by molar-refractivity contribution is 5.76. The van der Waals surface area contributed by atoms with Crippen molar-refractivity contribution in [3.05, 3.63) is 12.2 Å². The Bertz CT molecular complexity index is 1000. The van der Waals surface area contributed by atoms with Crippen LogP contribution in [0.15, 0.2) is 12.2 Å². The molecular weight excluding hydrogens is 827 g/mol. The van der Waals surface area contributed by atoms with E-state index in [9.17, 15) is 19.8 Å². The predicted octanol–water partition coefficient (Wildman–Crippen LogP) is 18.9. The highest BCUT2D eigenvalue weighted by Crippen LogP contribution is 2.18. The maximum absolute atomic E-state index is 12.5. The van der Waals surface area contributed by atoms with Gasteiger partial charge in [0.2, 0.25) is 5.91 Å². The minimum absolute atomic E-state index is 0.00801. The summed E-state index contributed by atoms with van der Waals surface area (Å²) < 4.78 is 5.49. The highest BCUT2D eigenvalue weighted by Gasteiger charge is 2.20. The number of esters is 1. The molecule has 0 heterocycles. The Hall–Kier alpha value is -1.40. The van der Waals surface area contributed by atoms with Crippen LogP contribution in [0, 0.1) is 0 Å². The monoisotopic (exact) mass is 946 g/mol. The zero-order chi connectivity index (χ0) is 48.6. The van der Waals surface area contributed by atoms with Gasteiger partial charge in [0.1, 0.15) is 0 Å². The number of amides is 1. The van der Waals surface area contributed by atoms with E-state index in [0.717, 1.165) is 51.4 Å². The molecule has 3 N–H and O–H groups in total. The quantitative estimate of drug-likeness (QED) is 0.0321. The average molecular weight is 947 g/mol. The number of aliphatic hydroxyl groups is 2. The van der Waals surface area contributed by atoms with E-state index in [1.165, 1.54) is 257 Å². The Kier molecular flexibility index (Phi) is 56.0. The molecule has 0 aliphatic rings. The van der Waals surface area contributed by atoms with Crippen molar-refractivity contribution >= 4 is 11.9 Å². The first-order valence-electron chi connectivity index (χ1n) is 30.4. The molecule has 0 fully saturated rings. The van der Waals surface area contributed by atoms with Gasteiger partial charge in [-0.25, -0.2) is 0 Å². The molecule has 1 amide bonds. The van der Waals surface area contributed by atoms with Crippen LogP contribution in [-0.2, 0) is 14.3 Å². The van der Waals surface area contributed by atoms with Crippen LogP contribution >= 0.6 is 0 Å². The van der Waals surface area contributed by atoms with Gasteiger partial charge in [0.15, 0.2) is 0 Å². The van der Waals surface area contributed by atoms with Crippen LogP contribution in [0.4, 0.5) is 0 Å². The summed E-state index contributed by atoms with van der Waals surface area (Å²) >= 11 is 0. The van der Waals surface area contributed by atoms with E-state index in [1.807, 2.05) is 0 Å². The fourth-order valence-electron chi connectivity index (χ4n) is 9.64. The van der Waals surface area contributed by atoms with Crippen molar-refractivity contribution in [3.63, 3.8) is 0 Å². The van der Waals surface area contributed by atoms with Gasteiger partial charge in [-0.1, -0.05) is 289 Å². The lowest BCUT2D eigenvalue weighted by Crippen LogP contribution is -2.45. The maximum Gasteiger partial charge on any atom is 0.305 e. The summed E-state index contributed by atoms with van der Waals surface area (Å²) in [5.41, 5.74) is 0. The molecule has 0 saturated carbocycles. The zero-order valence-corrected chi connectivity index (χ0v) is 45.4. The van der Waals surface area contributed by atoms with Crippen molar-refractivity contribution in [1.29, 1.82) is 0 Å². The number of carbonyl (C=O) groups is 2. The molecule has 0 rings (SSSR count). The third-order valence-corrected chi connectivity index (χ3v) is 14.3. The maximum atomic E-state index is 12.5. The molecule has 398 valence electrons. The van der Waals surface area contributed by atoms with Crippen LogP contribution in [0.3, 0.4) is 0 Å². The van der Waals surface area contributed by atoms with Gasteiger partial charge in [-0.05, 0) is 51.4 Å². The van der Waals surface area contributed by atoms with Crippen LogP contribution in [0.5, 0.6) is 0 Å². The van der Waals surface area contributed by atoms with Crippen LogP contribution in [-0.4, -0.2) is 47.4 Å². The van der Waals surface area contributed by atoms with Crippen molar-refractivity contribution in [2.75, 3.05) is 13.2 Å². The number of ether oxygens (including phenoxy) is 1. The molecular formula is C61H119NO5. The Morgan fingerprint density at radius 3 is 1.06 bits per heavy atom. The number of hydrogen-bond donors (Lipinski definition) is 3. The smallest absolute Gasteiger partial charge is 0.305 e.